The largest absolute Gasteiger partial charge is 0.458 e. The van der Waals surface area contributed by atoms with E-state index in [0.29, 0.717) is 5.00 Å². The molecule has 2 amide bonds. The Kier molecular flexibility index (Phi) is 8.93. The molecule has 0 radical (unpaired) electrons. The summed E-state index contributed by atoms with van der Waals surface area (Å²) in [7, 11) is 0. The number of anilines is 1. The first-order valence-electron chi connectivity index (χ1n) is 11.3. The summed E-state index contributed by atoms with van der Waals surface area (Å²) in [5.41, 5.74) is 0.221. The molecule has 0 saturated carbocycles. The summed E-state index contributed by atoms with van der Waals surface area (Å²) in [4.78, 5) is 40.2. The van der Waals surface area contributed by atoms with Crippen molar-refractivity contribution in [1.29, 1.82) is 0 Å². The summed E-state index contributed by atoms with van der Waals surface area (Å²) in [6.45, 7) is 4.82. The number of rotatable bonds is 9. The van der Waals surface area contributed by atoms with E-state index in [2.05, 4.69) is 5.32 Å². The Bertz CT molecular complexity index is 1170. The van der Waals surface area contributed by atoms with Crippen molar-refractivity contribution in [1.82, 2.24) is 5.32 Å². The number of hydrogen-bond acceptors (Lipinski definition) is 5. The fourth-order valence-electron chi connectivity index (χ4n) is 3.50. The summed E-state index contributed by atoms with van der Waals surface area (Å²) >= 11 is 1.24. The van der Waals surface area contributed by atoms with Gasteiger partial charge in [-0.3, -0.25) is 14.5 Å². The van der Waals surface area contributed by atoms with Crippen molar-refractivity contribution in [2.24, 2.45) is 0 Å². The first-order valence-corrected chi connectivity index (χ1v) is 12.2. The van der Waals surface area contributed by atoms with Crippen LogP contribution in [-0.2, 0) is 32.0 Å². The molecule has 1 aromatic heterocycles. The maximum atomic E-state index is 13.6. The van der Waals surface area contributed by atoms with Gasteiger partial charge in [0.1, 0.15) is 29.8 Å². The quantitative estimate of drug-likeness (QED) is 0.421. The Balaban J connectivity index is 1.77. The van der Waals surface area contributed by atoms with Gasteiger partial charge in [0.15, 0.2) is 0 Å². The average Bonchev–Trinajstić information content (AvgIpc) is 3.30. The minimum absolute atomic E-state index is 0.148. The first kappa shape index (κ1) is 27.0. The van der Waals surface area contributed by atoms with Crippen molar-refractivity contribution in [2.75, 3.05) is 11.4 Å². The topological polar surface area (TPSA) is 75.7 Å². The fraction of sp³-hybridized carbons (Fsp3) is 0.296. The molecule has 6 nitrogen and oxygen atoms in total. The van der Waals surface area contributed by atoms with Gasteiger partial charge < -0.3 is 10.1 Å². The van der Waals surface area contributed by atoms with Crippen LogP contribution in [0.3, 0.4) is 0 Å². The molecule has 0 fully saturated rings. The van der Waals surface area contributed by atoms with Crippen LogP contribution < -0.4 is 10.2 Å². The zero-order chi connectivity index (χ0) is 26.3. The van der Waals surface area contributed by atoms with E-state index in [-0.39, 0.29) is 24.9 Å². The van der Waals surface area contributed by atoms with E-state index in [4.69, 9.17) is 4.74 Å². The number of nitrogens with zero attached hydrogens (tertiary/aromatic N) is 1. The van der Waals surface area contributed by atoms with E-state index >= 15 is 0 Å². The molecule has 0 aliphatic heterocycles. The number of thiophene rings is 1. The normalized spacial score (nSPS) is 12.0. The lowest BCUT2D eigenvalue weighted by Crippen LogP contribution is -2.49. The molecule has 1 N–H and O–H groups in total. The Hall–Kier alpha value is -3.59. The number of carbonyl (C=O) groups excluding carboxylic acids is 3. The van der Waals surface area contributed by atoms with Gasteiger partial charge in [-0.2, -0.15) is 0 Å². The highest BCUT2D eigenvalue weighted by molar-refractivity contribution is 7.14. The Morgan fingerprint density at radius 2 is 1.64 bits per heavy atom. The second-order valence-electron chi connectivity index (χ2n) is 9.23. The molecule has 1 heterocycles. The monoisotopic (exact) mass is 514 g/mol. The van der Waals surface area contributed by atoms with Crippen LogP contribution in [0, 0.1) is 11.6 Å². The van der Waals surface area contributed by atoms with Crippen LogP contribution in [0.25, 0.3) is 0 Å². The van der Waals surface area contributed by atoms with Gasteiger partial charge in [0, 0.05) is 12.5 Å². The molecular formula is C27H28F2N2O4S. The number of benzene rings is 2. The second kappa shape index (κ2) is 11.9. The van der Waals surface area contributed by atoms with Gasteiger partial charge in [-0.05, 0) is 61.5 Å². The highest BCUT2D eigenvalue weighted by Gasteiger charge is 2.29. The van der Waals surface area contributed by atoms with Crippen LogP contribution in [0.1, 0.15) is 31.9 Å². The van der Waals surface area contributed by atoms with Crippen molar-refractivity contribution in [3.8, 4) is 0 Å². The first-order chi connectivity index (χ1) is 17.0. The van der Waals surface area contributed by atoms with Crippen molar-refractivity contribution in [3.05, 3.63) is 88.8 Å². The van der Waals surface area contributed by atoms with Crippen molar-refractivity contribution < 1.29 is 27.9 Å². The molecular weight excluding hydrogens is 486 g/mol. The van der Waals surface area contributed by atoms with Gasteiger partial charge >= 0.3 is 5.97 Å². The van der Waals surface area contributed by atoms with Gasteiger partial charge in [0.2, 0.25) is 11.8 Å². The number of halogens is 2. The number of ether oxygens (including phenoxy) is 1. The highest BCUT2D eigenvalue weighted by atomic mass is 32.1. The Labute approximate surface area is 212 Å². The van der Waals surface area contributed by atoms with Crippen LogP contribution in [0.4, 0.5) is 13.8 Å². The minimum atomic E-state index is -0.975. The number of hydrogen-bond donors (Lipinski definition) is 1. The maximum absolute atomic E-state index is 13.6. The van der Waals surface area contributed by atoms with Crippen LogP contribution in [-0.4, -0.2) is 36.0 Å². The van der Waals surface area contributed by atoms with Crippen LogP contribution >= 0.6 is 11.3 Å². The average molecular weight is 515 g/mol. The van der Waals surface area contributed by atoms with Gasteiger partial charge in [-0.25, -0.2) is 13.6 Å². The molecule has 36 heavy (non-hydrogen) atoms. The van der Waals surface area contributed by atoms with E-state index in [9.17, 15) is 23.2 Å². The summed E-state index contributed by atoms with van der Waals surface area (Å²) in [5, 5.41) is 4.93. The third kappa shape index (κ3) is 8.27. The highest BCUT2D eigenvalue weighted by Crippen LogP contribution is 2.23. The Morgan fingerprint density at radius 1 is 0.972 bits per heavy atom. The van der Waals surface area contributed by atoms with E-state index in [1.807, 2.05) is 30.3 Å². The van der Waals surface area contributed by atoms with Crippen LogP contribution in [0.15, 0.2) is 66.0 Å². The van der Waals surface area contributed by atoms with Gasteiger partial charge in [0.05, 0.1) is 11.4 Å². The predicted molar refractivity (Wildman–Crippen MR) is 135 cm³/mol. The van der Waals surface area contributed by atoms with E-state index < -0.39 is 41.1 Å². The zero-order valence-corrected chi connectivity index (χ0v) is 21.1. The van der Waals surface area contributed by atoms with E-state index in [1.165, 1.54) is 16.2 Å². The minimum Gasteiger partial charge on any atom is -0.458 e. The number of amides is 2. The molecule has 190 valence electrons. The SMILES string of the molecule is CC(C)(C)OC(=O)[C@H](Cc1ccccc1)NC(=O)CN(C(=O)Cc1cc(F)cc(F)c1)c1cccs1. The lowest BCUT2D eigenvalue weighted by molar-refractivity contribution is -0.158. The molecule has 0 bridgehead atoms. The summed E-state index contributed by atoms with van der Waals surface area (Å²) in [6, 6.07) is 14.5. The molecule has 0 aliphatic rings. The van der Waals surface area contributed by atoms with Crippen molar-refractivity contribution in [2.45, 2.75) is 45.3 Å². The van der Waals surface area contributed by atoms with E-state index in [1.54, 1.807) is 38.3 Å². The van der Waals surface area contributed by atoms with Gasteiger partial charge in [0.25, 0.3) is 0 Å². The smallest absolute Gasteiger partial charge is 0.329 e. The molecule has 0 spiro atoms. The standard InChI is InChI=1S/C27H28F2N2O4S/c1-27(2,3)35-26(34)22(14-18-8-5-4-6-9-18)30-23(32)17-31(25-10-7-11-36-25)24(33)15-19-12-20(28)16-21(29)13-19/h4-13,16,22H,14-15,17H2,1-3H3,(H,30,32)/t22-/m0/s1. The van der Waals surface area contributed by atoms with Crippen LogP contribution in [0.2, 0.25) is 0 Å². The molecule has 3 rings (SSSR count). The molecule has 0 aliphatic carbocycles. The summed E-state index contributed by atoms with van der Waals surface area (Å²) < 4.78 is 32.7. The summed E-state index contributed by atoms with van der Waals surface area (Å²) in [5.74, 6) is -3.27. The number of nitrogens with one attached hydrogen (secondary N) is 1. The van der Waals surface area contributed by atoms with Crippen LogP contribution in [0.5, 0.6) is 0 Å². The third-order valence-corrected chi connectivity index (χ3v) is 5.85. The predicted octanol–water partition coefficient (Wildman–Crippen LogP) is 4.67. The van der Waals surface area contributed by atoms with E-state index in [0.717, 1.165) is 23.8 Å². The third-order valence-electron chi connectivity index (χ3n) is 4.96. The number of esters is 1. The van der Waals surface area contributed by atoms with Crippen molar-refractivity contribution in [3.63, 3.8) is 0 Å². The Morgan fingerprint density at radius 3 is 2.22 bits per heavy atom. The molecule has 1 atom stereocenters. The molecule has 0 unspecified atom stereocenters. The lowest BCUT2D eigenvalue weighted by Gasteiger charge is -2.26. The summed E-state index contributed by atoms with van der Waals surface area (Å²) in [6.07, 6.45) is -0.101. The molecule has 0 saturated heterocycles. The molecule has 2 aromatic carbocycles. The molecule has 3 aromatic rings. The lowest BCUT2D eigenvalue weighted by atomic mass is 10.1. The van der Waals surface area contributed by atoms with Crippen molar-refractivity contribution >= 4 is 34.1 Å². The maximum Gasteiger partial charge on any atom is 0.329 e. The second-order valence-corrected chi connectivity index (χ2v) is 10.2. The number of carbonyl (C=O) groups is 3. The van der Waals surface area contributed by atoms with Gasteiger partial charge in [-0.1, -0.05) is 30.3 Å². The van der Waals surface area contributed by atoms with Gasteiger partial charge in [-0.15, -0.1) is 11.3 Å². The zero-order valence-electron chi connectivity index (χ0n) is 20.3. The molecule has 9 heteroatoms. The fourth-order valence-corrected chi connectivity index (χ4v) is 4.24.